The Balaban J connectivity index is 1.30. The van der Waals surface area contributed by atoms with Crippen LogP contribution in [0.15, 0.2) is 91.4 Å². The molecular formula is C29H22ClN3O2. The summed E-state index contributed by atoms with van der Waals surface area (Å²) in [6, 6.07) is 23.2. The summed E-state index contributed by atoms with van der Waals surface area (Å²) < 4.78 is 1.67. The summed E-state index contributed by atoms with van der Waals surface area (Å²) in [5.74, 6) is 0.0341. The Morgan fingerprint density at radius 2 is 1.77 bits per heavy atom. The molecule has 0 spiro atoms. The molecule has 0 radical (unpaired) electrons. The van der Waals surface area contributed by atoms with Crippen molar-refractivity contribution in [1.29, 1.82) is 0 Å². The maximum atomic E-state index is 13.5. The molecule has 5 nitrogen and oxygen atoms in total. The van der Waals surface area contributed by atoms with Crippen LogP contribution in [0.3, 0.4) is 0 Å². The first-order valence-corrected chi connectivity index (χ1v) is 11.9. The summed E-state index contributed by atoms with van der Waals surface area (Å²) in [7, 11) is 0. The molecule has 1 amide bonds. The van der Waals surface area contributed by atoms with Crippen molar-refractivity contribution < 1.29 is 9.90 Å². The highest BCUT2D eigenvalue weighted by Gasteiger charge is 2.24. The molecule has 0 unspecified atom stereocenters. The average molecular weight is 480 g/mol. The smallest absolute Gasteiger partial charge is 0.254 e. The van der Waals surface area contributed by atoms with Gasteiger partial charge in [0.15, 0.2) is 0 Å². The van der Waals surface area contributed by atoms with Crippen molar-refractivity contribution in [2.45, 2.75) is 13.0 Å². The fourth-order valence-corrected chi connectivity index (χ4v) is 5.22. The number of carbonyl (C=O) groups excluding carboxylic acids is 1. The van der Waals surface area contributed by atoms with Crippen LogP contribution in [-0.2, 0) is 13.0 Å². The normalized spacial score (nSPS) is 13.1. The lowest BCUT2D eigenvalue weighted by atomic mass is 9.91. The van der Waals surface area contributed by atoms with E-state index in [1.54, 1.807) is 23.0 Å². The van der Waals surface area contributed by atoms with Crippen molar-refractivity contribution in [3.63, 3.8) is 0 Å². The van der Waals surface area contributed by atoms with Crippen LogP contribution in [0.4, 0.5) is 0 Å². The molecule has 6 rings (SSSR count). The number of carbonyl (C=O) groups is 1. The third kappa shape index (κ3) is 3.74. The fraction of sp³-hybridized carbons (Fsp3) is 0.103. The molecule has 0 saturated heterocycles. The van der Waals surface area contributed by atoms with Gasteiger partial charge in [-0.2, -0.15) is 0 Å². The molecule has 172 valence electrons. The van der Waals surface area contributed by atoms with E-state index in [1.807, 2.05) is 65.7 Å². The number of nitrogens with zero attached hydrogens (tertiary/aromatic N) is 3. The lowest BCUT2D eigenvalue weighted by Gasteiger charge is -2.30. The Bertz CT molecular complexity index is 1580. The van der Waals surface area contributed by atoms with E-state index < -0.39 is 0 Å². The maximum Gasteiger partial charge on any atom is 0.254 e. The molecule has 0 fully saturated rings. The Morgan fingerprint density at radius 3 is 2.60 bits per heavy atom. The lowest BCUT2D eigenvalue weighted by Crippen LogP contribution is -2.36. The second-order valence-electron chi connectivity index (χ2n) is 8.73. The fourth-order valence-electron chi connectivity index (χ4n) is 4.96. The predicted molar refractivity (Wildman–Crippen MR) is 138 cm³/mol. The van der Waals surface area contributed by atoms with Gasteiger partial charge in [0.05, 0.1) is 10.4 Å². The number of halogens is 1. The van der Waals surface area contributed by atoms with Gasteiger partial charge < -0.3 is 10.0 Å². The van der Waals surface area contributed by atoms with Crippen LogP contribution in [0.25, 0.3) is 27.6 Å². The van der Waals surface area contributed by atoms with Crippen molar-refractivity contribution >= 4 is 28.3 Å². The van der Waals surface area contributed by atoms with Crippen molar-refractivity contribution in [3.05, 3.63) is 113 Å². The first kappa shape index (κ1) is 21.4. The van der Waals surface area contributed by atoms with Crippen LogP contribution in [-0.4, -0.2) is 32.0 Å². The molecule has 1 aliphatic heterocycles. The first-order valence-electron chi connectivity index (χ1n) is 11.5. The molecule has 1 aliphatic rings. The standard InChI is InChI=1S/C29H22ClN3O2/c30-26-9-3-6-22-18-33(29(35)27(22)26)23-7-1-4-20(16-23)28(34)32-15-12-25-21(17-32)5-2-8-24(25)19-10-13-31-14-11-19/h1-11,13-14,16,18,35H,12,15,17H2. The monoisotopic (exact) mass is 479 g/mol. The summed E-state index contributed by atoms with van der Waals surface area (Å²) in [6.07, 6.45) is 6.24. The summed E-state index contributed by atoms with van der Waals surface area (Å²) in [6.45, 7) is 1.21. The van der Waals surface area contributed by atoms with Gasteiger partial charge in [-0.05, 0) is 65.1 Å². The number of amides is 1. The SMILES string of the molecule is O=C(c1cccc(-n2cc3cccc(Cl)c3c2O)c1)N1CCc2c(cccc2-c2ccncc2)C1. The minimum atomic E-state index is -0.0268. The Labute approximate surface area is 207 Å². The van der Waals surface area contributed by atoms with E-state index in [9.17, 15) is 9.90 Å². The maximum absolute atomic E-state index is 13.5. The van der Waals surface area contributed by atoms with E-state index >= 15 is 0 Å². The molecule has 0 atom stereocenters. The molecule has 6 heteroatoms. The van der Waals surface area contributed by atoms with Gasteiger partial charge in [0.2, 0.25) is 5.88 Å². The number of hydrogen-bond acceptors (Lipinski definition) is 3. The number of pyridine rings is 1. The Kier molecular flexibility index (Phi) is 5.27. The second-order valence-corrected chi connectivity index (χ2v) is 9.14. The first-order chi connectivity index (χ1) is 17.1. The number of fused-ring (bicyclic) bond motifs is 2. The van der Waals surface area contributed by atoms with Gasteiger partial charge in [0.25, 0.3) is 5.91 Å². The van der Waals surface area contributed by atoms with Crippen molar-refractivity contribution in [2.24, 2.45) is 0 Å². The van der Waals surface area contributed by atoms with E-state index in [1.165, 1.54) is 16.7 Å². The number of benzene rings is 3. The molecule has 0 saturated carbocycles. The molecule has 5 aromatic rings. The Hall–Kier alpha value is -4.09. The average Bonchev–Trinajstić information content (AvgIpc) is 3.25. The van der Waals surface area contributed by atoms with Crippen molar-refractivity contribution in [1.82, 2.24) is 14.5 Å². The van der Waals surface area contributed by atoms with Gasteiger partial charge in [-0.15, -0.1) is 0 Å². The summed E-state index contributed by atoms with van der Waals surface area (Å²) in [4.78, 5) is 19.5. The third-order valence-corrected chi connectivity index (χ3v) is 7.00. The number of rotatable bonds is 3. The molecule has 1 N–H and O–H groups in total. The summed E-state index contributed by atoms with van der Waals surface area (Å²) >= 11 is 6.30. The largest absolute Gasteiger partial charge is 0.494 e. The van der Waals surface area contributed by atoms with Crippen LogP contribution in [0.1, 0.15) is 21.5 Å². The minimum Gasteiger partial charge on any atom is -0.494 e. The molecular weight excluding hydrogens is 458 g/mol. The number of aromatic hydroxyl groups is 1. The van der Waals surface area contributed by atoms with Crippen LogP contribution >= 0.6 is 11.6 Å². The van der Waals surface area contributed by atoms with E-state index in [2.05, 4.69) is 17.1 Å². The number of aromatic nitrogens is 2. The predicted octanol–water partition coefficient (Wildman–Crippen LogP) is 6.25. The topological polar surface area (TPSA) is 58.4 Å². The van der Waals surface area contributed by atoms with Crippen molar-refractivity contribution in [2.75, 3.05) is 6.54 Å². The highest BCUT2D eigenvalue weighted by Crippen LogP contribution is 2.35. The highest BCUT2D eigenvalue weighted by atomic mass is 35.5. The van der Waals surface area contributed by atoms with Crippen LogP contribution < -0.4 is 0 Å². The van der Waals surface area contributed by atoms with Crippen LogP contribution in [0.2, 0.25) is 5.02 Å². The highest BCUT2D eigenvalue weighted by molar-refractivity contribution is 6.36. The quantitative estimate of drug-likeness (QED) is 0.332. The zero-order valence-electron chi connectivity index (χ0n) is 18.9. The lowest BCUT2D eigenvalue weighted by molar-refractivity contribution is 0.0735. The van der Waals surface area contributed by atoms with Gasteiger partial charge in [0, 0.05) is 48.3 Å². The van der Waals surface area contributed by atoms with Gasteiger partial charge in [-0.3, -0.25) is 14.3 Å². The third-order valence-electron chi connectivity index (χ3n) is 6.68. The summed E-state index contributed by atoms with van der Waals surface area (Å²) in [5.41, 5.74) is 6.09. The van der Waals surface area contributed by atoms with Gasteiger partial charge in [-0.1, -0.05) is 48.0 Å². The summed E-state index contributed by atoms with van der Waals surface area (Å²) in [5, 5.41) is 12.7. The van der Waals surface area contributed by atoms with E-state index in [4.69, 9.17) is 11.6 Å². The Morgan fingerprint density at radius 1 is 0.971 bits per heavy atom. The van der Waals surface area contributed by atoms with Gasteiger partial charge in [-0.25, -0.2) is 0 Å². The second kappa shape index (κ2) is 8.60. The van der Waals surface area contributed by atoms with E-state index in [0.29, 0.717) is 34.7 Å². The zero-order valence-corrected chi connectivity index (χ0v) is 19.6. The van der Waals surface area contributed by atoms with Gasteiger partial charge in [0.1, 0.15) is 0 Å². The molecule has 2 aromatic heterocycles. The van der Waals surface area contributed by atoms with Crippen molar-refractivity contribution in [3.8, 4) is 22.7 Å². The van der Waals surface area contributed by atoms with E-state index in [0.717, 1.165) is 17.4 Å². The van der Waals surface area contributed by atoms with Crippen LogP contribution in [0, 0.1) is 0 Å². The molecule has 3 aromatic carbocycles. The number of hydrogen-bond donors (Lipinski definition) is 1. The zero-order chi connectivity index (χ0) is 23.9. The molecule has 35 heavy (non-hydrogen) atoms. The van der Waals surface area contributed by atoms with E-state index in [-0.39, 0.29) is 11.8 Å². The van der Waals surface area contributed by atoms with Gasteiger partial charge >= 0.3 is 0 Å². The molecule has 0 bridgehead atoms. The molecule has 0 aliphatic carbocycles. The van der Waals surface area contributed by atoms with Crippen LogP contribution in [0.5, 0.6) is 5.88 Å². The minimum absolute atomic E-state index is 0.0268. The molecule has 3 heterocycles.